The fourth-order valence-electron chi connectivity index (χ4n) is 1.51. The minimum absolute atomic E-state index is 0.453. The molecule has 0 amide bonds. The smallest absolute Gasteiger partial charge is 0.146 e. The van der Waals surface area contributed by atoms with Crippen LogP contribution in [-0.4, -0.2) is 20.0 Å². The van der Waals surface area contributed by atoms with Crippen LogP contribution in [0.2, 0.25) is 0 Å². The molecule has 2 heteroatoms. The number of methoxy groups -OCH3 is 1. The Morgan fingerprint density at radius 1 is 1.40 bits per heavy atom. The molecule has 0 aromatic heterocycles. The number of hydrogen-bond donors (Lipinski definition) is 0. The number of ether oxygens (including phenoxy) is 2. The zero-order chi connectivity index (χ0) is 7.40. The molecule has 0 unspecified atom stereocenters. The third kappa shape index (κ3) is 1.96. The molecule has 1 saturated carbocycles. The van der Waals surface area contributed by atoms with Gasteiger partial charge in [-0.2, -0.15) is 0 Å². The summed E-state index contributed by atoms with van der Waals surface area (Å²) in [5, 5.41) is 0. The van der Waals surface area contributed by atoms with Gasteiger partial charge in [0.2, 0.25) is 0 Å². The van der Waals surface area contributed by atoms with Crippen LogP contribution in [0.5, 0.6) is 0 Å². The molecule has 1 rings (SSSR count). The standard InChI is InChI=1S/C8H16O2/c1-7-4-3-5-8(7)10-6-9-2/h7-8H,3-6H2,1-2H3/t7-,8+/m1/s1. The van der Waals surface area contributed by atoms with E-state index in [-0.39, 0.29) is 0 Å². The second-order valence-corrected chi connectivity index (χ2v) is 3.02. The van der Waals surface area contributed by atoms with E-state index < -0.39 is 0 Å². The summed E-state index contributed by atoms with van der Waals surface area (Å²) in [7, 11) is 1.67. The Labute approximate surface area is 62.5 Å². The van der Waals surface area contributed by atoms with Crippen molar-refractivity contribution in [1.82, 2.24) is 0 Å². The minimum atomic E-state index is 0.453. The molecule has 60 valence electrons. The lowest BCUT2D eigenvalue weighted by atomic mass is 10.1. The predicted molar refractivity (Wildman–Crippen MR) is 39.8 cm³/mol. The first kappa shape index (κ1) is 8.02. The van der Waals surface area contributed by atoms with E-state index >= 15 is 0 Å². The lowest BCUT2D eigenvalue weighted by molar-refractivity contribution is -0.0811. The molecular weight excluding hydrogens is 128 g/mol. The molecule has 1 fully saturated rings. The zero-order valence-corrected chi connectivity index (χ0v) is 6.80. The van der Waals surface area contributed by atoms with Gasteiger partial charge >= 0.3 is 0 Å². The van der Waals surface area contributed by atoms with Crippen LogP contribution in [0.1, 0.15) is 26.2 Å². The first-order valence-corrected chi connectivity index (χ1v) is 3.95. The van der Waals surface area contributed by atoms with Crippen molar-refractivity contribution in [2.75, 3.05) is 13.9 Å². The maximum atomic E-state index is 5.44. The van der Waals surface area contributed by atoms with Gasteiger partial charge in [0.1, 0.15) is 6.79 Å². The summed E-state index contributed by atoms with van der Waals surface area (Å²) in [6.07, 6.45) is 4.30. The summed E-state index contributed by atoms with van der Waals surface area (Å²) >= 11 is 0. The van der Waals surface area contributed by atoms with Crippen molar-refractivity contribution in [3.05, 3.63) is 0 Å². The highest BCUT2D eigenvalue weighted by atomic mass is 16.7. The number of hydrogen-bond acceptors (Lipinski definition) is 2. The predicted octanol–water partition coefficient (Wildman–Crippen LogP) is 1.80. The van der Waals surface area contributed by atoms with Crippen molar-refractivity contribution >= 4 is 0 Å². The molecule has 2 nitrogen and oxygen atoms in total. The van der Waals surface area contributed by atoms with Gasteiger partial charge in [-0.25, -0.2) is 0 Å². The molecule has 0 heterocycles. The second-order valence-electron chi connectivity index (χ2n) is 3.02. The first-order chi connectivity index (χ1) is 4.84. The van der Waals surface area contributed by atoms with E-state index in [1.165, 1.54) is 19.3 Å². The Kier molecular flexibility index (Phi) is 3.16. The molecule has 2 atom stereocenters. The van der Waals surface area contributed by atoms with Gasteiger partial charge in [-0.1, -0.05) is 13.3 Å². The first-order valence-electron chi connectivity index (χ1n) is 3.95. The van der Waals surface area contributed by atoms with Crippen molar-refractivity contribution in [2.24, 2.45) is 5.92 Å². The summed E-state index contributed by atoms with van der Waals surface area (Å²) in [5.41, 5.74) is 0. The highest BCUT2D eigenvalue weighted by molar-refractivity contribution is 4.73. The van der Waals surface area contributed by atoms with Crippen LogP contribution in [-0.2, 0) is 9.47 Å². The van der Waals surface area contributed by atoms with Gasteiger partial charge in [0.05, 0.1) is 6.10 Å². The Morgan fingerprint density at radius 3 is 2.70 bits per heavy atom. The van der Waals surface area contributed by atoms with E-state index in [0.717, 1.165) is 5.92 Å². The van der Waals surface area contributed by atoms with Crippen LogP contribution in [0.4, 0.5) is 0 Å². The fourth-order valence-corrected chi connectivity index (χ4v) is 1.51. The molecule has 0 radical (unpaired) electrons. The maximum absolute atomic E-state index is 5.44. The summed E-state index contributed by atoms with van der Waals surface area (Å²) in [4.78, 5) is 0. The molecule has 0 aromatic carbocycles. The molecular formula is C8H16O2. The average Bonchev–Trinajstić information content (AvgIpc) is 2.31. The lowest BCUT2D eigenvalue weighted by Crippen LogP contribution is -2.16. The second kappa shape index (κ2) is 3.94. The maximum Gasteiger partial charge on any atom is 0.146 e. The van der Waals surface area contributed by atoms with Crippen molar-refractivity contribution in [1.29, 1.82) is 0 Å². The van der Waals surface area contributed by atoms with E-state index in [2.05, 4.69) is 6.92 Å². The molecule has 1 aliphatic carbocycles. The van der Waals surface area contributed by atoms with Crippen LogP contribution < -0.4 is 0 Å². The molecule has 0 saturated heterocycles. The van der Waals surface area contributed by atoms with E-state index in [0.29, 0.717) is 12.9 Å². The molecule has 0 spiro atoms. The van der Waals surface area contributed by atoms with Gasteiger partial charge in [-0.05, 0) is 18.8 Å². The topological polar surface area (TPSA) is 18.5 Å². The van der Waals surface area contributed by atoms with Crippen LogP contribution >= 0.6 is 0 Å². The highest BCUT2D eigenvalue weighted by Gasteiger charge is 2.23. The van der Waals surface area contributed by atoms with Gasteiger partial charge < -0.3 is 9.47 Å². The Bertz CT molecular complexity index is 93.3. The third-order valence-electron chi connectivity index (χ3n) is 2.18. The largest absolute Gasteiger partial charge is 0.359 e. The van der Waals surface area contributed by atoms with Gasteiger partial charge in [-0.3, -0.25) is 0 Å². The van der Waals surface area contributed by atoms with E-state index in [1.807, 2.05) is 0 Å². The number of rotatable bonds is 3. The molecule has 0 bridgehead atoms. The molecule has 0 aliphatic heterocycles. The lowest BCUT2D eigenvalue weighted by Gasteiger charge is -2.14. The van der Waals surface area contributed by atoms with E-state index in [4.69, 9.17) is 9.47 Å². The van der Waals surface area contributed by atoms with Gasteiger partial charge in [0, 0.05) is 7.11 Å². The molecule has 10 heavy (non-hydrogen) atoms. The van der Waals surface area contributed by atoms with Gasteiger partial charge in [0.15, 0.2) is 0 Å². The summed E-state index contributed by atoms with van der Waals surface area (Å²) in [5.74, 6) is 0.732. The SMILES string of the molecule is COCO[C@H]1CCC[C@H]1C. The van der Waals surface area contributed by atoms with Crippen LogP contribution in [0.15, 0.2) is 0 Å². The third-order valence-corrected chi connectivity index (χ3v) is 2.18. The van der Waals surface area contributed by atoms with Gasteiger partial charge in [0.25, 0.3) is 0 Å². The Balaban J connectivity index is 2.14. The molecule has 1 aliphatic rings. The highest BCUT2D eigenvalue weighted by Crippen LogP contribution is 2.27. The van der Waals surface area contributed by atoms with Gasteiger partial charge in [-0.15, -0.1) is 0 Å². The average molecular weight is 144 g/mol. The minimum Gasteiger partial charge on any atom is -0.359 e. The zero-order valence-electron chi connectivity index (χ0n) is 6.80. The van der Waals surface area contributed by atoms with E-state index in [9.17, 15) is 0 Å². The fraction of sp³-hybridized carbons (Fsp3) is 1.00. The summed E-state index contributed by atoms with van der Waals surface area (Å²) in [6, 6.07) is 0. The normalized spacial score (nSPS) is 33.0. The van der Waals surface area contributed by atoms with Crippen molar-refractivity contribution in [3.63, 3.8) is 0 Å². The van der Waals surface area contributed by atoms with Crippen LogP contribution in [0, 0.1) is 5.92 Å². The van der Waals surface area contributed by atoms with Crippen LogP contribution in [0.25, 0.3) is 0 Å². The van der Waals surface area contributed by atoms with Crippen molar-refractivity contribution < 1.29 is 9.47 Å². The van der Waals surface area contributed by atoms with Crippen molar-refractivity contribution in [3.8, 4) is 0 Å². The summed E-state index contributed by atoms with van der Waals surface area (Å²) in [6.45, 7) is 2.70. The van der Waals surface area contributed by atoms with Crippen LogP contribution in [0.3, 0.4) is 0 Å². The molecule has 0 aromatic rings. The van der Waals surface area contributed by atoms with Crippen molar-refractivity contribution in [2.45, 2.75) is 32.3 Å². The molecule has 0 N–H and O–H groups in total. The summed E-state index contributed by atoms with van der Waals surface area (Å²) < 4.78 is 10.3. The monoisotopic (exact) mass is 144 g/mol. The Hall–Kier alpha value is -0.0800. The Morgan fingerprint density at radius 2 is 2.20 bits per heavy atom. The van der Waals surface area contributed by atoms with E-state index in [1.54, 1.807) is 7.11 Å². The quantitative estimate of drug-likeness (QED) is 0.562.